The van der Waals surface area contributed by atoms with Crippen molar-refractivity contribution < 1.29 is 23.9 Å². The second-order valence-corrected chi connectivity index (χ2v) is 6.90. The second kappa shape index (κ2) is 10.2. The maximum Gasteiger partial charge on any atom is 0.279 e. The van der Waals surface area contributed by atoms with Crippen molar-refractivity contribution in [3.63, 3.8) is 0 Å². The SMILES string of the molecule is CCC(=O)c1ccc(OCC(=O)NNC(=O)C(C)Oc2ccc3ccccc3c2)cc1. The van der Waals surface area contributed by atoms with E-state index in [1.54, 1.807) is 44.2 Å². The molecule has 0 aromatic heterocycles. The van der Waals surface area contributed by atoms with Crippen molar-refractivity contribution in [1.29, 1.82) is 0 Å². The fourth-order valence-electron chi connectivity index (χ4n) is 2.86. The zero-order valence-corrected chi connectivity index (χ0v) is 17.4. The standard InChI is InChI=1S/C24H24N2O5/c1-3-22(27)18-9-11-20(12-10-18)30-15-23(28)25-26-24(29)16(2)31-21-13-8-17-6-4-5-7-19(17)14-21/h4-14,16H,3,15H2,1-2H3,(H,25,28)(H,26,29). The minimum Gasteiger partial charge on any atom is -0.484 e. The highest BCUT2D eigenvalue weighted by atomic mass is 16.5. The quantitative estimate of drug-likeness (QED) is 0.430. The molecule has 3 aromatic rings. The van der Waals surface area contributed by atoms with Crippen LogP contribution in [0.15, 0.2) is 66.7 Å². The van der Waals surface area contributed by atoms with Gasteiger partial charge < -0.3 is 9.47 Å². The average molecular weight is 420 g/mol. The lowest BCUT2D eigenvalue weighted by molar-refractivity contribution is -0.133. The Kier molecular flexibility index (Phi) is 7.22. The van der Waals surface area contributed by atoms with Crippen molar-refractivity contribution in [3.05, 3.63) is 72.3 Å². The molecule has 0 aliphatic rings. The summed E-state index contributed by atoms with van der Waals surface area (Å²) >= 11 is 0. The lowest BCUT2D eigenvalue weighted by Gasteiger charge is -2.15. The maximum atomic E-state index is 12.2. The van der Waals surface area contributed by atoms with E-state index in [-0.39, 0.29) is 12.4 Å². The van der Waals surface area contributed by atoms with Crippen LogP contribution < -0.4 is 20.3 Å². The predicted octanol–water partition coefficient (Wildman–Crippen LogP) is 3.43. The van der Waals surface area contributed by atoms with Gasteiger partial charge in [0.15, 0.2) is 18.5 Å². The molecule has 2 N–H and O–H groups in total. The van der Waals surface area contributed by atoms with E-state index < -0.39 is 17.9 Å². The lowest BCUT2D eigenvalue weighted by Crippen LogP contribution is -2.48. The molecule has 0 saturated heterocycles. The van der Waals surface area contributed by atoms with E-state index in [1.807, 2.05) is 36.4 Å². The van der Waals surface area contributed by atoms with E-state index in [0.717, 1.165) is 10.8 Å². The number of amides is 2. The van der Waals surface area contributed by atoms with Crippen molar-refractivity contribution in [1.82, 2.24) is 10.9 Å². The second-order valence-electron chi connectivity index (χ2n) is 6.90. The zero-order chi connectivity index (χ0) is 22.2. The van der Waals surface area contributed by atoms with Gasteiger partial charge >= 0.3 is 0 Å². The first kappa shape index (κ1) is 21.8. The summed E-state index contributed by atoms with van der Waals surface area (Å²) in [6.07, 6.45) is -0.392. The highest BCUT2D eigenvalue weighted by Crippen LogP contribution is 2.21. The molecule has 1 unspecified atom stereocenters. The number of carbonyl (C=O) groups is 3. The largest absolute Gasteiger partial charge is 0.484 e. The van der Waals surface area contributed by atoms with Gasteiger partial charge in [0.1, 0.15) is 11.5 Å². The van der Waals surface area contributed by atoms with E-state index in [4.69, 9.17) is 9.47 Å². The van der Waals surface area contributed by atoms with Crippen molar-refractivity contribution in [2.24, 2.45) is 0 Å². The topological polar surface area (TPSA) is 93.7 Å². The number of benzene rings is 3. The van der Waals surface area contributed by atoms with Gasteiger partial charge in [-0.15, -0.1) is 0 Å². The molecule has 3 aromatic carbocycles. The van der Waals surface area contributed by atoms with Gasteiger partial charge in [0.25, 0.3) is 11.8 Å². The number of carbonyl (C=O) groups excluding carboxylic acids is 3. The van der Waals surface area contributed by atoms with Gasteiger partial charge in [-0.25, -0.2) is 0 Å². The summed E-state index contributed by atoms with van der Waals surface area (Å²) in [5.41, 5.74) is 5.20. The third kappa shape index (κ3) is 6.05. The number of Topliss-reactive ketones (excluding diaryl/α,β-unsaturated/α-hetero) is 1. The normalized spacial score (nSPS) is 11.4. The number of nitrogens with one attached hydrogen (secondary N) is 2. The van der Waals surface area contributed by atoms with Gasteiger partial charge in [0, 0.05) is 12.0 Å². The van der Waals surface area contributed by atoms with Gasteiger partial charge in [-0.1, -0.05) is 37.3 Å². The Hall–Kier alpha value is -3.87. The fraction of sp³-hybridized carbons (Fsp3) is 0.208. The molecular formula is C24H24N2O5. The van der Waals surface area contributed by atoms with Gasteiger partial charge in [-0.3, -0.25) is 25.2 Å². The first-order valence-corrected chi connectivity index (χ1v) is 9.96. The van der Waals surface area contributed by atoms with Gasteiger partial charge in [-0.2, -0.15) is 0 Å². The molecular weight excluding hydrogens is 396 g/mol. The molecule has 2 amide bonds. The minimum absolute atomic E-state index is 0.0343. The smallest absolute Gasteiger partial charge is 0.279 e. The van der Waals surface area contributed by atoms with Crippen LogP contribution >= 0.6 is 0 Å². The molecule has 7 nitrogen and oxygen atoms in total. The lowest BCUT2D eigenvalue weighted by atomic mass is 10.1. The monoisotopic (exact) mass is 420 g/mol. The highest BCUT2D eigenvalue weighted by molar-refractivity contribution is 5.95. The van der Waals surface area contributed by atoms with Crippen molar-refractivity contribution in [2.75, 3.05) is 6.61 Å². The molecule has 31 heavy (non-hydrogen) atoms. The Balaban J connectivity index is 1.43. The van der Waals surface area contributed by atoms with E-state index in [0.29, 0.717) is 23.5 Å². The summed E-state index contributed by atoms with van der Waals surface area (Å²) in [6, 6.07) is 19.9. The minimum atomic E-state index is -0.814. The third-order valence-corrected chi connectivity index (χ3v) is 4.60. The number of fused-ring (bicyclic) bond motifs is 1. The van der Waals surface area contributed by atoms with Crippen LogP contribution in [0.2, 0.25) is 0 Å². The molecule has 0 spiro atoms. The fourth-order valence-corrected chi connectivity index (χ4v) is 2.86. The third-order valence-electron chi connectivity index (χ3n) is 4.60. The molecule has 0 aliphatic carbocycles. The Morgan fingerprint density at radius 3 is 2.26 bits per heavy atom. The van der Waals surface area contributed by atoms with Crippen LogP contribution in [0.1, 0.15) is 30.6 Å². The summed E-state index contributed by atoms with van der Waals surface area (Å²) in [7, 11) is 0. The van der Waals surface area contributed by atoms with Crippen molar-refractivity contribution in [2.45, 2.75) is 26.4 Å². The van der Waals surface area contributed by atoms with Gasteiger partial charge in [0.05, 0.1) is 0 Å². The molecule has 0 saturated carbocycles. The molecule has 3 rings (SSSR count). The van der Waals surface area contributed by atoms with Gasteiger partial charge in [0.2, 0.25) is 0 Å². The summed E-state index contributed by atoms with van der Waals surface area (Å²) in [5.74, 6) is 0.0130. The van der Waals surface area contributed by atoms with Crippen LogP contribution in [0.25, 0.3) is 10.8 Å². The maximum absolute atomic E-state index is 12.2. The highest BCUT2D eigenvalue weighted by Gasteiger charge is 2.16. The van der Waals surface area contributed by atoms with Crippen molar-refractivity contribution in [3.8, 4) is 11.5 Å². The van der Waals surface area contributed by atoms with E-state index in [2.05, 4.69) is 10.9 Å². The number of hydrazine groups is 1. The Bertz CT molecular complexity index is 1080. The van der Waals surface area contributed by atoms with Crippen LogP contribution in [0, 0.1) is 0 Å². The summed E-state index contributed by atoms with van der Waals surface area (Å²) in [6.45, 7) is 3.09. The predicted molar refractivity (Wildman–Crippen MR) is 117 cm³/mol. The van der Waals surface area contributed by atoms with Crippen LogP contribution in [-0.2, 0) is 9.59 Å². The van der Waals surface area contributed by atoms with Gasteiger partial charge in [-0.05, 0) is 54.1 Å². The van der Waals surface area contributed by atoms with E-state index in [9.17, 15) is 14.4 Å². The van der Waals surface area contributed by atoms with Crippen LogP contribution in [-0.4, -0.2) is 30.3 Å². The number of hydrogen-bond donors (Lipinski definition) is 2. The molecule has 7 heteroatoms. The Morgan fingerprint density at radius 2 is 1.55 bits per heavy atom. The number of ketones is 1. The number of hydrogen-bond acceptors (Lipinski definition) is 5. The molecule has 0 fully saturated rings. The molecule has 0 aliphatic heterocycles. The first-order chi connectivity index (χ1) is 15.0. The van der Waals surface area contributed by atoms with Crippen LogP contribution in [0.5, 0.6) is 11.5 Å². The van der Waals surface area contributed by atoms with Crippen LogP contribution in [0.3, 0.4) is 0 Å². The van der Waals surface area contributed by atoms with Crippen LogP contribution in [0.4, 0.5) is 0 Å². The molecule has 0 bridgehead atoms. The number of rotatable bonds is 8. The Labute approximate surface area is 180 Å². The zero-order valence-electron chi connectivity index (χ0n) is 17.4. The van der Waals surface area contributed by atoms with E-state index in [1.165, 1.54) is 0 Å². The average Bonchev–Trinajstić information content (AvgIpc) is 2.80. The summed E-state index contributed by atoms with van der Waals surface area (Å²) in [5, 5.41) is 2.08. The van der Waals surface area contributed by atoms with E-state index >= 15 is 0 Å². The molecule has 1 atom stereocenters. The number of ether oxygens (including phenoxy) is 2. The summed E-state index contributed by atoms with van der Waals surface area (Å²) < 4.78 is 11.0. The molecule has 160 valence electrons. The molecule has 0 heterocycles. The molecule has 0 radical (unpaired) electrons. The Morgan fingerprint density at radius 1 is 0.871 bits per heavy atom. The first-order valence-electron chi connectivity index (χ1n) is 9.96. The summed E-state index contributed by atoms with van der Waals surface area (Å²) in [4.78, 5) is 35.7. The van der Waals surface area contributed by atoms with Crippen molar-refractivity contribution >= 4 is 28.4 Å².